The second-order valence-electron chi connectivity index (χ2n) is 7.36. The summed E-state index contributed by atoms with van der Waals surface area (Å²) in [4.78, 5) is 29.1. The third-order valence-electron chi connectivity index (χ3n) is 5.36. The maximum atomic E-state index is 13.3. The zero-order chi connectivity index (χ0) is 18.7. The van der Waals surface area contributed by atoms with Gasteiger partial charge in [-0.05, 0) is 37.5 Å². The van der Waals surface area contributed by atoms with Crippen molar-refractivity contribution in [3.8, 4) is 0 Å². The van der Waals surface area contributed by atoms with Crippen LogP contribution in [0.25, 0.3) is 0 Å². The average Bonchev–Trinajstić information content (AvgIpc) is 3.12. The molecule has 0 radical (unpaired) electrons. The molecule has 2 aliphatic rings. The van der Waals surface area contributed by atoms with Crippen LogP contribution in [0.5, 0.6) is 0 Å². The van der Waals surface area contributed by atoms with Crippen molar-refractivity contribution < 1.29 is 14.0 Å². The van der Waals surface area contributed by atoms with E-state index < -0.39 is 0 Å². The van der Waals surface area contributed by atoms with E-state index in [2.05, 4.69) is 13.8 Å². The normalized spacial score (nSPS) is 24.8. The molecule has 0 bridgehead atoms. The SMILES string of the molecule is CCCCCN(Cc1ccc(F)cc1)C(=O)C1CSC2(C)CCC(=O)N12. The minimum Gasteiger partial charge on any atom is -0.337 e. The van der Waals surface area contributed by atoms with Crippen LogP contribution in [-0.2, 0) is 16.1 Å². The molecule has 2 heterocycles. The molecule has 0 N–H and O–H groups in total. The van der Waals surface area contributed by atoms with Gasteiger partial charge in [-0.1, -0.05) is 31.9 Å². The zero-order valence-electron chi connectivity index (χ0n) is 15.5. The van der Waals surface area contributed by atoms with Crippen LogP contribution in [0, 0.1) is 5.82 Å². The van der Waals surface area contributed by atoms with Gasteiger partial charge >= 0.3 is 0 Å². The summed E-state index contributed by atoms with van der Waals surface area (Å²) in [5.74, 6) is 0.501. The number of hydrogen-bond donors (Lipinski definition) is 0. The minimum absolute atomic E-state index is 0.0249. The first-order valence-electron chi connectivity index (χ1n) is 9.44. The number of hydrogen-bond acceptors (Lipinski definition) is 3. The van der Waals surface area contributed by atoms with E-state index in [0.29, 0.717) is 25.3 Å². The van der Waals surface area contributed by atoms with Crippen molar-refractivity contribution >= 4 is 23.6 Å². The number of carbonyl (C=O) groups excluding carboxylic acids is 2. The van der Waals surface area contributed by atoms with E-state index in [1.807, 2.05) is 9.80 Å². The van der Waals surface area contributed by atoms with E-state index in [0.717, 1.165) is 31.2 Å². The van der Waals surface area contributed by atoms with Gasteiger partial charge in [-0.2, -0.15) is 0 Å². The molecular formula is C20H27FN2O2S. The molecule has 2 atom stereocenters. The quantitative estimate of drug-likeness (QED) is 0.678. The van der Waals surface area contributed by atoms with Crippen molar-refractivity contribution in [2.45, 2.75) is 63.4 Å². The number of halogens is 1. The van der Waals surface area contributed by atoms with Gasteiger partial charge in [0.05, 0.1) is 4.87 Å². The van der Waals surface area contributed by atoms with Crippen LogP contribution < -0.4 is 0 Å². The molecule has 26 heavy (non-hydrogen) atoms. The summed E-state index contributed by atoms with van der Waals surface area (Å²) in [6.07, 6.45) is 4.43. The second-order valence-corrected chi connectivity index (χ2v) is 8.86. The highest BCUT2D eigenvalue weighted by atomic mass is 32.2. The number of thioether (sulfide) groups is 1. The van der Waals surface area contributed by atoms with E-state index in [9.17, 15) is 14.0 Å². The van der Waals surface area contributed by atoms with Crippen LogP contribution in [0.1, 0.15) is 51.5 Å². The topological polar surface area (TPSA) is 40.6 Å². The number of fused-ring (bicyclic) bond motifs is 1. The lowest BCUT2D eigenvalue weighted by atomic mass is 10.1. The van der Waals surface area contributed by atoms with Crippen molar-refractivity contribution in [1.29, 1.82) is 0 Å². The molecule has 2 unspecified atom stereocenters. The van der Waals surface area contributed by atoms with Gasteiger partial charge in [0.25, 0.3) is 0 Å². The van der Waals surface area contributed by atoms with Gasteiger partial charge in [0.1, 0.15) is 11.9 Å². The third kappa shape index (κ3) is 3.90. The highest BCUT2D eigenvalue weighted by molar-refractivity contribution is 8.01. The van der Waals surface area contributed by atoms with Gasteiger partial charge in [0.2, 0.25) is 11.8 Å². The molecular weight excluding hydrogens is 351 g/mol. The Balaban J connectivity index is 1.75. The second kappa shape index (κ2) is 7.99. The van der Waals surface area contributed by atoms with Crippen LogP contribution in [0.3, 0.4) is 0 Å². The van der Waals surface area contributed by atoms with Crippen molar-refractivity contribution in [3.63, 3.8) is 0 Å². The molecule has 0 saturated carbocycles. The van der Waals surface area contributed by atoms with Crippen LogP contribution in [0.2, 0.25) is 0 Å². The van der Waals surface area contributed by atoms with Gasteiger partial charge in [-0.25, -0.2) is 4.39 Å². The van der Waals surface area contributed by atoms with Gasteiger partial charge < -0.3 is 9.80 Å². The lowest BCUT2D eigenvalue weighted by molar-refractivity contribution is -0.144. The highest BCUT2D eigenvalue weighted by Gasteiger charge is 2.53. The molecule has 142 valence electrons. The third-order valence-corrected chi connectivity index (χ3v) is 6.86. The van der Waals surface area contributed by atoms with E-state index in [1.54, 1.807) is 23.9 Å². The number of rotatable bonds is 7. The van der Waals surface area contributed by atoms with Crippen molar-refractivity contribution in [2.75, 3.05) is 12.3 Å². The fraction of sp³-hybridized carbons (Fsp3) is 0.600. The first-order chi connectivity index (χ1) is 12.4. The molecule has 2 fully saturated rings. The molecule has 4 nitrogen and oxygen atoms in total. The standard InChI is InChI=1S/C20H27FN2O2S/c1-3-4-5-12-22(13-15-6-8-16(21)9-7-15)19(25)17-14-26-20(2)11-10-18(24)23(17)20/h6-9,17H,3-5,10-14H2,1-2H3. The lowest BCUT2D eigenvalue weighted by Gasteiger charge is -2.33. The Morgan fingerprint density at radius 1 is 1.35 bits per heavy atom. The smallest absolute Gasteiger partial charge is 0.246 e. The molecule has 2 amide bonds. The molecule has 0 aromatic heterocycles. The number of unbranched alkanes of at least 4 members (excludes halogenated alkanes) is 2. The summed E-state index contributed by atoms with van der Waals surface area (Å²) in [6, 6.07) is 5.93. The molecule has 2 aliphatic heterocycles. The molecule has 3 rings (SSSR count). The maximum absolute atomic E-state index is 13.3. The molecule has 2 saturated heterocycles. The van der Waals surface area contributed by atoms with Gasteiger partial charge in [0.15, 0.2) is 0 Å². The molecule has 0 aliphatic carbocycles. The van der Waals surface area contributed by atoms with Crippen LogP contribution in [0.4, 0.5) is 4.39 Å². The molecule has 1 aromatic rings. The van der Waals surface area contributed by atoms with E-state index in [-0.39, 0.29) is 28.5 Å². The largest absolute Gasteiger partial charge is 0.337 e. The Morgan fingerprint density at radius 3 is 2.77 bits per heavy atom. The van der Waals surface area contributed by atoms with E-state index in [4.69, 9.17) is 0 Å². The summed E-state index contributed by atoms with van der Waals surface area (Å²) >= 11 is 1.72. The van der Waals surface area contributed by atoms with Crippen LogP contribution >= 0.6 is 11.8 Å². The van der Waals surface area contributed by atoms with Crippen molar-refractivity contribution in [1.82, 2.24) is 9.80 Å². The number of amides is 2. The summed E-state index contributed by atoms with van der Waals surface area (Å²) in [7, 11) is 0. The van der Waals surface area contributed by atoms with Crippen molar-refractivity contribution in [2.24, 2.45) is 0 Å². The molecule has 0 spiro atoms. The van der Waals surface area contributed by atoms with E-state index in [1.165, 1.54) is 12.1 Å². The van der Waals surface area contributed by atoms with Gasteiger partial charge in [-0.3, -0.25) is 9.59 Å². The lowest BCUT2D eigenvalue weighted by Crippen LogP contribution is -2.51. The maximum Gasteiger partial charge on any atom is 0.246 e. The monoisotopic (exact) mass is 378 g/mol. The Labute approximate surface area is 159 Å². The summed E-state index contributed by atoms with van der Waals surface area (Å²) in [5, 5.41) is 0. The number of carbonyl (C=O) groups is 2. The first-order valence-corrected chi connectivity index (χ1v) is 10.4. The Bertz CT molecular complexity index is 666. The number of benzene rings is 1. The predicted octanol–water partition coefficient (Wildman–Crippen LogP) is 3.80. The molecule has 6 heteroatoms. The Hall–Kier alpha value is -1.56. The van der Waals surface area contributed by atoms with Crippen molar-refractivity contribution in [3.05, 3.63) is 35.6 Å². The summed E-state index contributed by atoms with van der Waals surface area (Å²) in [6.45, 7) is 5.33. The Morgan fingerprint density at radius 2 is 2.08 bits per heavy atom. The van der Waals surface area contributed by atoms with Gasteiger partial charge in [-0.15, -0.1) is 11.8 Å². The minimum atomic E-state index is -0.373. The summed E-state index contributed by atoms with van der Waals surface area (Å²) < 4.78 is 13.2. The number of nitrogens with zero attached hydrogens (tertiary/aromatic N) is 2. The highest BCUT2D eigenvalue weighted by Crippen LogP contribution is 2.47. The Kier molecular flexibility index (Phi) is 5.90. The van der Waals surface area contributed by atoms with Crippen LogP contribution in [0.15, 0.2) is 24.3 Å². The summed E-state index contributed by atoms with van der Waals surface area (Å²) in [5.41, 5.74) is 0.914. The fourth-order valence-electron chi connectivity index (χ4n) is 3.84. The van der Waals surface area contributed by atoms with Gasteiger partial charge in [0, 0.05) is 25.3 Å². The molecule has 1 aromatic carbocycles. The van der Waals surface area contributed by atoms with Crippen LogP contribution in [-0.4, -0.2) is 44.8 Å². The average molecular weight is 379 g/mol. The predicted molar refractivity (Wildman–Crippen MR) is 102 cm³/mol. The fourth-order valence-corrected chi connectivity index (χ4v) is 5.27. The first kappa shape index (κ1) is 19.2. The zero-order valence-corrected chi connectivity index (χ0v) is 16.4. The van der Waals surface area contributed by atoms with E-state index >= 15 is 0 Å².